The van der Waals surface area contributed by atoms with E-state index in [0.29, 0.717) is 0 Å². The topological polar surface area (TPSA) is 16.1 Å². The van der Waals surface area contributed by atoms with Crippen LogP contribution in [0.3, 0.4) is 0 Å². The molecule has 1 heterocycles. The van der Waals surface area contributed by atoms with E-state index in [-0.39, 0.29) is 0 Å². The molecule has 0 saturated heterocycles. The van der Waals surface area contributed by atoms with Crippen molar-refractivity contribution < 1.29 is 0 Å². The SMILES string of the molecule is CN(C)CCCc1c[c]ncc1. The van der Waals surface area contributed by atoms with Gasteiger partial charge in [-0.1, -0.05) is 0 Å². The van der Waals surface area contributed by atoms with Crippen LogP contribution in [0.5, 0.6) is 0 Å². The molecule has 0 aliphatic heterocycles. The van der Waals surface area contributed by atoms with E-state index in [1.807, 2.05) is 12.1 Å². The van der Waals surface area contributed by atoms with Crippen molar-refractivity contribution in [2.24, 2.45) is 0 Å². The summed E-state index contributed by atoms with van der Waals surface area (Å²) in [5, 5.41) is 0. The minimum atomic E-state index is 1.12. The quantitative estimate of drug-likeness (QED) is 0.666. The number of hydrogen-bond donors (Lipinski definition) is 0. The second-order valence-electron chi connectivity index (χ2n) is 3.20. The first-order valence-electron chi connectivity index (χ1n) is 4.25. The van der Waals surface area contributed by atoms with Crippen molar-refractivity contribution in [3.8, 4) is 0 Å². The second kappa shape index (κ2) is 4.88. The molecule has 2 nitrogen and oxygen atoms in total. The normalized spacial score (nSPS) is 10.6. The number of aryl methyl sites for hydroxylation is 1. The predicted octanol–water partition coefficient (Wildman–Crippen LogP) is 1.38. The van der Waals surface area contributed by atoms with E-state index < -0.39 is 0 Å². The molecule has 1 radical (unpaired) electrons. The maximum absolute atomic E-state index is 3.85. The standard InChI is InChI=1S/C10H15N2/c1-12(2)9-3-4-10-5-7-11-8-6-10/h5-7H,3-4,9H2,1-2H3. The van der Waals surface area contributed by atoms with Crippen molar-refractivity contribution in [3.63, 3.8) is 0 Å². The maximum Gasteiger partial charge on any atom is 0.0888 e. The largest absolute Gasteiger partial charge is 0.309 e. The van der Waals surface area contributed by atoms with Crippen LogP contribution in [0.4, 0.5) is 0 Å². The molecule has 1 aromatic rings. The van der Waals surface area contributed by atoms with Gasteiger partial charge in [-0.25, -0.2) is 0 Å². The maximum atomic E-state index is 3.85. The van der Waals surface area contributed by atoms with E-state index in [1.165, 1.54) is 12.0 Å². The molecule has 0 spiro atoms. The molecule has 0 aliphatic carbocycles. The Bertz CT molecular complexity index is 206. The Morgan fingerprint density at radius 1 is 1.50 bits per heavy atom. The molecule has 0 bridgehead atoms. The van der Waals surface area contributed by atoms with E-state index in [2.05, 4.69) is 30.2 Å². The Morgan fingerprint density at radius 2 is 2.33 bits per heavy atom. The zero-order valence-corrected chi connectivity index (χ0v) is 7.75. The Labute approximate surface area is 74.2 Å². The van der Waals surface area contributed by atoms with Crippen molar-refractivity contribution in [1.82, 2.24) is 9.88 Å². The van der Waals surface area contributed by atoms with Crippen LogP contribution < -0.4 is 0 Å². The monoisotopic (exact) mass is 163 g/mol. The highest BCUT2D eigenvalue weighted by Crippen LogP contribution is 2.00. The van der Waals surface area contributed by atoms with Gasteiger partial charge in [0.1, 0.15) is 0 Å². The summed E-state index contributed by atoms with van der Waals surface area (Å²) in [6, 6.07) is 4.00. The summed E-state index contributed by atoms with van der Waals surface area (Å²) in [5.74, 6) is 0. The fourth-order valence-corrected chi connectivity index (χ4v) is 1.10. The lowest BCUT2D eigenvalue weighted by molar-refractivity contribution is 0.400. The van der Waals surface area contributed by atoms with Crippen molar-refractivity contribution >= 4 is 0 Å². The summed E-state index contributed by atoms with van der Waals surface area (Å²) in [5.41, 5.74) is 1.33. The first-order valence-corrected chi connectivity index (χ1v) is 4.25. The Morgan fingerprint density at radius 3 is 2.92 bits per heavy atom. The number of hydrogen-bond acceptors (Lipinski definition) is 2. The molecule has 0 fully saturated rings. The summed E-state index contributed by atoms with van der Waals surface area (Å²) in [6.45, 7) is 1.14. The molecule has 0 unspecified atom stereocenters. The molecule has 2 heteroatoms. The molecule has 12 heavy (non-hydrogen) atoms. The minimum Gasteiger partial charge on any atom is -0.309 e. The van der Waals surface area contributed by atoms with Gasteiger partial charge in [0.2, 0.25) is 0 Å². The molecule has 0 N–H and O–H groups in total. The summed E-state index contributed by atoms with van der Waals surface area (Å²) < 4.78 is 0. The van der Waals surface area contributed by atoms with Crippen molar-refractivity contribution in [2.75, 3.05) is 20.6 Å². The first kappa shape index (κ1) is 9.20. The molecule has 1 rings (SSSR count). The number of aromatic nitrogens is 1. The molecule has 0 amide bonds. The molecular weight excluding hydrogens is 148 g/mol. The molecule has 0 saturated carbocycles. The third-order valence-electron chi connectivity index (χ3n) is 1.76. The lowest BCUT2D eigenvalue weighted by atomic mass is 10.1. The van der Waals surface area contributed by atoms with Crippen LogP contribution in [0.1, 0.15) is 12.0 Å². The smallest absolute Gasteiger partial charge is 0.0888 e. The highest BCUT2D eigenvalue weighted by Gasteiger charge is 1.93. The summed E-state index contributed by atoms with van der Waals surface area (Å²) in [4.78, 5) is 6.05. The van der Waals surface area contributed by atoms with Gasteiger partial charge in [0, 0.05) is 6.20 Å². The fraction of sp³-hybridized carbons (Fsp3) is 0.500. The van der Waals surface area contributed by atoms with Gasteiger partial charge in [-0.3, -0.25) is 4.98 Å². The predicted molar refractivity (Wildman–Crippen MR) is 49.9 cm³/mol. The van der Waals surface area contributed by atoms with E-state index in [0.717, 1.165) is 13.0 Å². The number of nitrogens with zero attached hydrogens (tertiary/aromatic N) is 2. The van der Waals surface area contributed by atoms with Crippen LogP contribution in [-0.4, -0.2) is 30.5 Å². The lowest BCUT2D eigenvalue weighted by Gasteiger charge is -2.08. The summed E-state index contributed by atoms with van der Waals surface area (Å²) >= 11 is 0. The molecule has 1 aromatic heterocycles. The van der Waals surface area contributed by atoms with Crippen LogP contribution in [0.2, 0.25) is 0 Å². The second-order valence-corrected chi connectivity index (χ2v) is 3.20. The van der Waals surface area contributed by atoms with E-state index in [9.17, 15) is 0 Å². The van der Waals surface area contributed by atoms with Crippen LogP contribution >= 0.6 is 0 Å². The number of pyridine rings is 1. The highest BCUT2D eigenvalue weighted by molar-refractivity contribution is 5.08. The van der Waals surface area contributed by atoms with Crippen molar-refractivity contribution in [2.45, 2.75) is 12.8 Å². The molecule has 0 aromatic carbocycles. The molecular formula is C10H15N2. The zero-order valence-electron chi connectivity index (χ0n) is 7.75. The summed E-state index contributed by atoms with van der Waals surface area (Å²) in [7, 11) is 4.19. The Hall–Kier alpha value is -0.890. The molecule has 0 aliphatic rings. The van der Waals surface area contributed by atoms with Crippen LogP contribution in [0.15, 0.2) is 18.3 Å². The fourth-order valence-electron chi connectivity index (χ4n) is 1.10. The van der Waals surface area contributed by atoms with Gasteiger partial charge in [-0.05, 0) is 51.2 Å². The van der Waals surface area contributed by atoms with E-state index in [4.69, 9.17) is 0 Å². The van der Waals surface area contributed by atoms with E-state index >= 15 is 0 Å². The van der Waals surface area contributed by atoms with Gasteiger partial charge >= 0.3 is 0 Å². The van der Waals surface area contributed by atoms with Gasteiger partial charge in [0.25, 0.3) is 0 Å². The highest BCUT2D eigenvalue weighted by atomic mass is 15.0. The van der Waals surface area contributed by atoms with Crippen LogP contribution in [0, 0.1) is 6.20 Å². The van der Waals surface area contributed by atoms with E-state index in [1.54, 1.807) is 6.20 Å². The van der Waals surface area contributed by atoms with Crippen LogP contribution in [-0.2, 0) is 6.42 Å². The van der Waals surface area contributed by atoms with Crippen LogP contribution in [0.25, 0.3) is 0 Å². The van der Waals surface area contributed by atoms with Gasteiger partial charge in [0.05, 0.1) is 6.20 Å². The van der Waals surface area contributed by atoms with Gasteiger partial charge in [-0.15, -0.1) is 0 Å². The Kier molecular flexibility index (Phi) is 3.74. The average Bonchev–Trinajstić information content (AvgIpc) is 2.05. The summed E-state index contributed by atoms with van der Waals surface area (Å²) in [6.07, 6.45) is 6.95. The van der Waals surface area contributed by atoms with Gasteiger partial charge < -0.3 is 4.90 Å². The average molecular weight is 163 g/mol. The van der Waals surface area contributed by atoms with Crippen molar-refractivity contribution in [1.29, 1.82) is 0 Å². The molecule has 65 valence electrons. The third kappa shape index (κ3) is 3.49. The minimum absolute atomic E-state index is 1.12. The van der Waals surface area contributed by atoms with Crippen molar-refractivity contribution in [3.05, 3.63) is 30.1 Å². The van der Waals surface area contributed by atoms with Gasteiger partial charge in [0.15, 0.2) is 0 Å². The Balaban J connectivity index is 2.25. The third-order valence-corrected chi connectivity index (χ3v) is 1.76. The number of rotatable bonds is 4. The zero-order chi connectivity index (χ0) is 8.81. The first-order chi connectivity index (χ1) is 5.79. The molecule has 0 atom stereocenters. The van der Waals surface area contributed by atoms with Gasteiger partial charge in [-0.2, -0.15) is 0 Å². The lowest BCUT2D eigenvalue weighted by Crippen LogP contribution is -2.13.